The largest absolute Gasteiger partial charge is 0.323 e. The number of urea groups is 1. The minimum atomic E-state index is -0.602. The van der Waals surface area contributed by atoms with Crippen molar-refractivity contribution in [2.75, 3.05) is 30.4 Å². The first-order valence-electron chi connectivity index (χ1n) is 8.51. The molecule has 0 unspecified atom stereocenters. The maximum absolute atomic E-state index is 12.9. The van der Waals surface area contributed by atoms with Crippen molar-refractivity contribution in [3.8, 4) is 0 Å². The first-order valence-corrected chi connectivity index (χ1v) is 8.51. The number of hydrogen-bond donors (Lipinski definition) is 1. The molecule has 0 bridgehead atoms. The summed E-state index contributed by atoms with van der Waals surface area (Å²) < 4.78 is 0. The van der Waals surface area contributed by atoms with E-state index in [0.29, 0.717) is 19.5 Å². The molecular weight excluding hydrogens is 314 g/mol. The van der Waals surface area contributed by atoms with Gasteiger partial charge < -0.3 is 15.1 Å². The molecule has 0 aromatic heterocycles. The van der Waals surface area contributed by atoms with Crippen molar-refractivity contribution >= 4 is 23.3 Å². The van der Waals surface area contributed by atoms with E-state index in [2.05, 4.69) is 5.32 Å². The van der Waals surface area contributed by atoms with E-state index in [0.717, 1.165) is 22.5 Å². The minimum Gasteiger partial charge on any atom is -0.323 e. The van der Waals surface area contributed by atoms with E-state index < -0.39 is 5.41 Å². The van der Waals surface area contributed by atoms with E-state index in [-0.39, 0.29) is 11.9 Å². The lowest BCUT2D eigenvalue weighted by molar-refractivity contribution is -0.122. The van der Waals surface area contributed by atoms with Gasteiger partial charge in [-0.2, -0.15) is 0 Å². The lowest BCUT2D eigenvalue weighted by Gasteiger charge is -2.23. The van der Waals surface area contributed by atoms with Crippen LogP contribution in [0, 0.1) is 6.92 Å². The van der Waals surface area contributed by atoms with Gasteiger partial charge in [0.2, 0.25) is 5.91 Å². The number of likely N-dealkylation sites (tertiary alicyclic amines) is 1. The van der Waals surface area contributed by atoms with E-state index in [4.69, 9.17) is 0 Å². The molecule has 2 heterocycles. The molecule has 1 saturated heterocycles. The fourth-order valence-corrected chi connectivity index (χ4v) is 4.02. The molecule has 1 spiro atoms. The Morgan fingerprint density at radius 2 is 1.96 bits per heavy atom. The molecule has 5 heteroatoms. The Morgan fingerprint density at radius 1 is 1.16 bits per heavy atom. The van der Waals surface area contributed by atoms with Crippen molar-refractivity contribution in [2.45, 2.75) is 18.8 Å². The van der Waals surface area contributed by atoms with E-state index in [9.17, 15) is 9.59 Å². The number of hydrogen-bond acceptors (Lipinski definition) is 2. The zero-order chi connectivity index (χ0) is 17.6. The highest BCUT2D eigenvalue weighted by atomic mass is 16.2. The Bertz CT molecular complexity index is 864. The van der Waals surface area contributed by atoms with Crippen molar-refractivity contribution in [3.63, 3.8) is 0 Å². The van der Waals surface area contributed by atoms with Gasteiger partial charge in [-0.25, -0.2) is 4.79 Å². The maximum atomic E-state index is 12.9. The Kier molecular flexibility index (Phi) is 3.53. The second-order valence-corrected chi connectivity index (χ2v) is 6.93. The highest BCUT2D eigenvalue weighted by Gasteiger charge is 2.54. The van der Waals surface area contributed by atoms with Crippen molar-refractivity contribution < 1.29 is 9.59 Å². The summed E-state index contributed by atoms with van der Waals surface area (Å²) in [6.45, 7) is 2.99. The van der Waals surface area contributed by atoms with Crippen LogP contribution in [0.2, 0.25) is 0 Å². The van der Waals surface area contributed by atoms with E-state index in [1.807, 2.05) is 62.5 Å². The van der Waals surface area contributed by atoms with E-state index in [1.54, 1.807) is 9.80 Å². The van der Waals surface area contributed by atoms with Gasteiger partial charge in [-0.05, 0) is 42.7 Å². The minimum absolute atomic E-state index is 0.0829. The molecule has 25 heavy (non-hydrogen) atoms. The standard InChI is InChI=1S/C20H21N3O2/c1-14-6-5-7-15(12-14)21-19(25)23-11-10-20(13-23)16-8-3-4-9-17(16)22(2)18(20)24/h3-9,12H,10-11,13H2,1-2H3,(H,21,25)/t20-/m1/s1. The van der Waals surface area contributed by atoms with E-state index in [1.165, 1.54) is 0 Å². The molecule has 0 aliphatic carbocycles. The molecule has 0 saturated carbocycles. The average molecular weight is 335 g/mol. The summed E-state index contributed by atoms with van der Waals surface area (Å²) in [5.41, 5.74) is 3.26. The van der Waals surface area contributed by atoms with Gasteiger partial charge in [0.05, 0.1) is 5.41 Å². The molecule has 1 atom stereocenters. The van der Waals surface area contributed by atoms with Gasteiger partial charge in [-0.15, -0.1) is 0 Å². The maximum Gasteiger partial charge on any atom is 0.321 e. The first-order chi connectivity index (χ1) is 12.0. The fourth-order valence-electron chi connectivity index (χ4n) is 4.02. The first kappa shape index (κ1) is 15.7. The van der Waals surface area contributed by atoms with Crippen LogP contribution in [0.3, 0.4) is 0 Å². The van der Waals surface area contributed by atoms with Gasteiger partial charge in [-0.3, -0.25) is 4.79 Å². The number of para-hydroxylation sites is 1. The molecule has 2 aliphatic rings. The third-order valence-corrected chi connectivity index (χ3v) is 5.32. The van der Waals surface area contributed by atoms with Gasteiger partial charge in [0.1, 0.15) is 0 Å². The number of aryl methyl sites for hydroxylation is 1. The molecule has 1 N–H and O–H groups in total. The number of amides is 3. The summed E-state index contributed by atoms with van der Waals surface area (Å²) in [5.74, 6) is 0.0829. The summed E-state index contributed by atoms with van der Waals surface area (Å²) in [4.78, 5) is 29.0. The molecule has 0 radical (unpaired) electrons. The molecule has 2 aromatic rings. The second kappa shape index (κ2) is 5.62. The number of carbonyl (C=O) groups is 2. The third kappa shape index (κ3) is 2.38. The van der Waals surface area contributed by atoms with Crippen molar-refractivity contribution in [1.29, 1.82) is 0 Å². The molecule has 1 fully saturated rings. The average Bonchev–Trinajstić information content (AvgIpc) is 3.14. The molecule has 2 aromatic carbocycles. The van der Waals surface area contributed by atoms with Crippen LogP contribution < -0.4 is 10.2 Å². The van der Waals surface area contributed by atoms with Gasteiger partial charge in [-0.1, -0.05) is 30.3 Å². The van der Waals surface area contributed by atoms with Gasteiger partial charge in [0.25, 0.3) is 0 Å². The zero-order valence-corrected chi connectivity index (χ0v) is 14.5. The summed E-state index contributed by atoms with van der Waals surface area (Å²) in [7, 11) is 1.81. The number of carbonyl (C=O) groups excluding carboxylic acids is 2. The summed E-state index contributed by atoms with van der Waals surface area (Å²) in [5, 5.41) is 2.94. The zero-order valence-electron chi connectivity index (χ0n) is 14.5. The van der Waals surface area contributed by atoms with Crippen LogP contribution in [0.4, 0.5) is 16.2 Å². The lowest BCUT2D eigenvalue weighted by Crippen LogP contribution is -2.42. The van der Waals surface area contributed by atoms with Crippen LogP contribution in [0.25, 0.3) is 0 Å². The number of fused-ring (bicyclic) bond motifs is 2. The highest BCUT2D eigenvalue weighted by Crippen LogP contribution is 2.46. The van der Waals surface area contributed by atoms with Crippen molar-refractivity contribution in [1.82, 2.24) is 4.90 Å². The fraction of sp³-hybridized carbons (Fsp3) is 0.300. The van der Waals surface area contributed by atoms with Crippen molar-refractivity contribution in [3.05, 3.63) is 59.7 Å². The molecule has 5 nitrogen and oxygen atoms in total. The van der Waals surface area contributed by atoms with Crippen LogP contribution >= 0.6 is 0 Å². The number of nitrogens with zero attached hydrogens (tertiary/aromatic N) is 2. The topological polar surface area (TPSA) is 52.7 Å². The molecular formula is C20H21N3O2. The number of anilines is 2. The molecule has 3 amide bonds. The third-order valence-electron chi connectivity index (χ3n) is 5.32. The van der Waals surface area contributed by atoms with Crippen LogP contribution in [-0.2, 0) is 10.2 Å². The smallest absolute Gasteiger partial charge is 0.321 e. The Labute approximate surface area is 147 Å². The van der Waals surface area contributed by atoms with E-state index >= 15 is 0 Å². The second-order valence-electron chi connectivity index (χ2n) is 6.93. The Balaban J connectivity index is 1.57. The normalized spacial score (nSPS) is 21.8. The summed E-state index contributed by atoms with van der Waals surface area (Å²) in [6.07, 6.45) is 0.661. The SMILES string of the molecule is Cc1cccc(NC(=O)N2CC[C@]3(C2)C(=O)N(C)c2ccccc23)c1. The number of nitrogens with one attached hydrogen (secondary N) is 1. The lowest BCUT2D eigenvalue weighted by atomic mass is 9.81. The molecule has 4 rings (SSSR count). The summed E-state index contributed by atoms with van der Waals surface area (Å²) in [6, 6.07) is 15.5. The van der Waals surface area contributed by atoms with Gasteiger partial charge in [0.15, 0.2) is 0 Å². The monoisotopic (exact) mass is 335 g/mol. The summed E-state index contributed by atoms with van der Waals surface area (Å²) >= 11 is 0. The van der Waals surface area contributed by atoms with Gasteiger partial charge in [0, 0.05) is 31.5 Å². The number of benzene rings is 2. The predicted octanol–water partition coefficient (Wildman–Crippen LogP) is 3.15. The van der Waals surface area contributed by atoms with Crippen LogP contribution in [0.1, 0.15) is 17.5 Å². The van der Waals surface area contributed by atoms with Crippen LogP contribution in [0.5, 0.6) is 0 Å². The van der Waals surface area contributed by atoms with Gasteiger partial charge >= 0.3 is 6.03 Å². The quantitative estimate of drug-likeness (QED) is 0.870. The highest BCUT2D eigenvalue weighted by molar-refractivity contribution is 6.08. The number of rotatable bonds is 1. The Morgan fingerprint density at radius 3 is 2.76 bits per heavy atom. The van der Waals surface area contributed by atoms with Crippen molar-refractivity contribution in [2.24, 2.45) is 0 Å². The predicted molar refractivity (Wildman–Crippen MR) is 97.9 cm³/mol. The Hall–Kier alpha value is -2.82. The number of likely N-dealkylation sites (N-methyl/N-ethyl adjacent to an activating group) is 1. The van der Waals surface area contributed by atoms with Crippen LogP contribution in [0.15, 0.2) is 48.5 Å². The molecule has 2 aliphatic heterocycles. The molecule has 128 valence electrons. The van der Waals surface area contributed by atoms with Crippen LogP contribution in [-0.4, -0.2) is 37.0 Å².